The molecule has 2 nitrogen and oxygen atoms in total. The first-order valence-corrected chi connectivity index (χ1v) is 6.08. The lowest BCUT2D eigenvalue weighted by Crippen LogP contribution is -2.09. The first-order chi connectivity index (χ1) is 4.17. The lowest BCUT2D eigenvalue weighted by molar-refractivity contribution is 0.600. The van der Waals surface area contributed by atoms with Crippen LogP contribution in [0.5, 0.6) is 0 Å². The van der Waals surface area contributed by atoms with Gasteiger partial charge in [0, 0.05) is 0 Å². The molecule has 1 unspecified atom stereocenters. The van der Waals surface area contributed by atoms with Crippen LogP contribution in [0.4, 0.5) is 0 Å². The van der Waals surface area contributed by atoms with Crippen molar-refractivity contribution < 1.29 is 8.42 Å². The molecule has 0 aliphatic carbocycles. The minimum atomic E-state index is -2.81. The molecule has 1 rings (SSSR count). The van der Waals surface area contributed by atoms with Crippen LogP contribution in [0, 0.1) is 0 Å². The van der Waals surface area contributed by atoms with Gasteiger partial charge >= 0.3 is 0 Å². The van der Waals surface area contributed by atoms with Crippen LogP contribution in [0.2, 0.25) is 0 Å². The highest BCUT2D eigenvalue weighted by Gasteiger charge is 2.30. The quantitative estimate of drug-likeness (QED) is 0.621. The molecule has 1 aliphatic heterocycles. The molecule has 0 aromatic heterocycles. The van der Waals surface area contributed by atoms with Crippen molar-refractivity contribution in [3.8, 4) is 0 Å². The third-order valence-electron chi connectivity index (χ3n) is 1.37. The maximum absolute atomic E-state index is 10.9. The van der Waals surface area contributed by atoms with Crippen LogP contribution >= 0.6 is 21.7 Å². The Kier molecular flexibility index (Phi) is 2.29. The average molecular weight is 187 g/mol. The van der Waals surface area contributed by atoms with Gasteiger partial charge in [-0.15, -0.1) is 0 Å². The molecule has 5 heteroatoms. The standard InChI is InChI=1S/C4H7ClO2S2/c5-8-4-2-1-3-9(4,6)7/h4H,1-3H2. The van der Waals surface area contributed by atoms with Crippen molar-refractivity contribution >= 4 is 31.5 Å². The predicted octanol–water partition coefficient (Wildman–Crippen LogP) is 1.41. The highest BCUT2D eigenvalue weighted by atomic mass is 35.7. The Morgan fingerprint density at radius 3 is 2.44 bits per heavy atom. The van der Waals surface area contributed by atoms with Crippen molar-refractivity contribution in [2.45, 2.75) is 17.4 Å². The Morgan fingerprint density at radius 2 is 2.22 bits per heavy atom. The number of halogens is 1. The maximum atomic E-state index is 10.9. The molecular weight excluding hydrogens is 180 g/mol. The van der Waals surface area contributed by atoms with Gasteiger partial charge in [0.25, 0.3) is 0 Å². The Labute approximate surface area is 63.4 Å². The molecule has 1 fully saturated rings. The van der Waals surface area contributed by atoms with Gasteiger partial charge in [-0.05, 0) is 34.5 Å². The van der Waals surface area contributed by atoms with E-state index in [1.54, 1.807) is 0 Å². The molecule has 9 heavy (non-hydrogen) atoms. The summed E-state index contributed by atoms with van der Waals surface area (Å²) in [6.07, 6.45) is 1.49. The van der Waals surface area contributed by atoms with Gasteiger partial charge in [0.2, 0.25) is 0 Å². The molecule has 0 aromatic carbocycles. The summed E-state index contributed by atoms with van der Waals surface area (Å²) in [6, 6.07) is 0. The topological polar surface area (TPSA) is 34.1 Å². The van der Waals surface area contributed by atoms with E-state index in [-0.39, 0.29) is 4.58 Å². The summed E-state index contributed by atoms with van der Waals surface area (Å²) < 4.78 is 21.4. The van der Waals surface area contributed by atoms with E-state index in [2.05, 4.69) is 0 Å². The monoisotopic (exact) mass is 186 g/mol. The molecule has 1 atom stereocenters. The molecule has 1 heterocycles. The summed E-state index contributed by atoms with van der Waals surface area (Å²) in [5.74, 6) is 0.317. The maximum Gasteiger partial charge on any atom is 0.163 e. The van der Waals surface area contributed by atoms with E-state index in [9.17, 15) is 8.42 Å². The zero-order valence-electron chi connectivity index (χ0n) is 4.71. The van der Waals surface area contributed by atoms with E-state index in [1.165, 1.54) is 0 Å². The first-order valence-electron chi connectivity index (χ1n) is 2.66. The molecule has 1 saturated heterocycles. The second kappa shape index (κ2) is 2.68. The number of rotatable bonds is 1. The van der Waals surface area contributed by atoms with E-state index >= 15 is 0 Å². The molecule has 1 aliphatic rings. The second-order valence-corrected chi connectivity index (χ2v) is 5.91. The number of hydrogen-bond donors (Lipinski definition) is 0. The van der Waals surface area contributed by atoms with Crippen LogP contribution in [0.15, 0.2) is 0 Å². The average Bonchev–Trinajstić information content (AvgIpc) is 2.08. The lowest BCUT2D eigenvalue weighted by Gasteiger charge is -1.99. The van der Waals surface area contributed by atoms with Gasteiger partial charge in [-0.2, -0.15) is 0 Å². The van der Waals surface area contributed by atoms with Crippen molar-refractivity contribution in [1.82, 2.24) is 0 Å². The van der Waals surface area contributed by atoms with Gasteiger partial charge in [0.15, 0.2) is 9.84 Å². The summed E-state index contributed by atoms with van der Waals surface area (Å²) in [4.78, 5) is 0. The third kappa shape index (κ3) is 1.53. The normalized spacial score (nSPS) is 32.8. The van der Waals surface area contributed by atoms with E-state index in [0.717, 1.165) is 23.8 Å². The minimum absolute atomic E-state index is 0.317. The fraction of sp³-hybridized carbons (Fsp3) is 1.00. The molecule has 0 bridgehead atoms. The molecule has 54 valence electrons. The Morgan fingerprint density at radius 1 is 1.56 bits per heavy atom. The molecule has 0 aromatic rings. The highest BCUT2D eigenvalue weighted by Crippen LogP contribution is 2.31. The molecule has 0 radical (unpaired) electrons. The summed E-state index contributed by atoms with van der Waals surface area (Å²) in [5.41, 5.74) is 0. The molecule has 0 N–H and O–H groups in total. The van der Waals surface area contributed by atoms with Gasteiger partial charge in [0.05, 0.1) is 5.75 Å². The minimum Gasteiger partial charge on any atom is -0.228 e. The lowest BCUT2D eigenvalue weighted by atomic mass is 10.4. The van der Waals surface area contributed by atoms with Crippen molar-refractivity contribution in [2.75, 3.05) is 5.75 Å². The van der Waals surface area contributed by atoms with Gasteiger partial charge < -0.3 is 0 Å². The van der Waals surface area contributed by atoms with Crippen LogP contribution in [0.3, 0.4) is 0 Å². The number of hydrogen-bond acceptors (Lipinski definition) is 3. The van der Waals surface area contributed by atoms with Gasteiger partial charge in [-0.1, -0.05) is 0 Å². The van der Waals surface area contributed by atoms with Crippen LogP contribution in [-0.4, -0.2) is 18.8 Å². The zero-order valence-corrected chi connectivity index (χ0v) is 7.10. The SMILES string of the molecule is O=S1(=O)CCCC1SCl. The molecule has 0 saturated carbocycles. The summed E-state index contributed by atoms with van der Waals surface area (Å²) in [5, 5.41) is 0. The van der Waals surface area contributed by atoms with Crippen LogP contribution in [0.25, 0.3) is 0 Å². The predicted molar refractivity (Wildman–Crippen MR) is 40.3 cm³/mol. The third-order valence-corrected chi connectivity index (χ3v) is 5.83. The van der Waals surface area contributed by atoms with Crippen molar-refractivity contribution in [2.24, 2.45) is 0 Å². The van der Waals surface area contributed by atoms with Crippen molar-refractivity contribution in [3.05, 3.63) is 0 Å². The Bertz CT molecular complexity index is 187. The van der Waals surface area contributed by atoms with E-state index in [1.807, 2.05) is 0 Å². The fourth-order valence-electron chi connectivity index (χ4n) is 0.862. The van der Waals surface area contributed by atoms with Gasteiger partial charge in [-0.3, -0.25) is 0 Å². The van der Waals surface area contributed by atoms with E-state index in [4.69, 9.17) is 10.7 Å². The van der Waals surface area contributed by atoms with Crippen LogP contribution in [-0.2, 0) is 9.84 Å². The van der Waals surface area contributed by atoms with E-state index < -0.39 is 9.84 Å². The van der Waals surface area contributed by atoms with Crippen LogP contribution in [0.1, 0.15) is 12.8 Å². The van der Waals surface area contributed by atoms with Crippen molar-refractivity contribution in [1.29, 1.82) is 0 Å². The fourth-order valence-corrected chi connectivity index (χ4v) is 4.47. The first kappa shape index (κ1) is 7.69. The summed E-state index contributed by atoms with van der Waals surface area (Å²) in [7, 11) is 3.45. The summed E-state index contributed by atoms with van der Waals surface area (Å²) in [6.45, 7) is 0. The largest absolute Gasteiger partial charge is 0.228 e. The van der Waals surface area contributed by atoms with Gasteiger partial charge in [-0.25, -0.2) is 8.42 Å². The van der Waals surface area contributed by atoms with Crippen LogP contribution < -0.4 is 0 Å². The number of sulfone groups is 1. The molecule has 0 spiro atoms. The highest BCUT2D eigenvalue weighted by molar-refractivity contribution is 8.28. The van der Waals surface area contributed by atoms with Gasteiger partial charge in [0.1, 0.15) is 4.58 Å². The van der Waals surface area contributed by atoms with E-state index in [0.29, 0.717) is 5.75 Å². The zero-order chi connectivity index (χ0) is 6.91. The van der Waals surface area contributed by atoms with Crippen molar-refractivity contribution in [3.63, 3.8) is 0 Å². The Balaban J connectivity index is 2.75. The molecular formula is C4H7ClO2S2. The molecule has 0 amide bonds. The Hall–Kier alpha value is 0.590. The smallest absolute Gasteiger partial charge is 0.163 e. The second-order valence-electron chi connectivity index (χ2n) is 2.03. The summed E-state index contributed by atoms with van der Waals surface area (Å²) >= 11 is 0.